The number of ether oxygens (including phenoxy) is 1. The zero-order valence-corrected chi connectivity index (χ0v) is 13.6. The molecule has 2 aromatic heterocycles. The van der Waals surface area contributed by atoms with Crippen LogP contribution in [0.3, 0.4) is 0 Å². The fraction of sp³-hybridized carbons (Fsp3) is 0.571. The predicted octanol–water partition coefficient (Wildman–Crippen LogP) is 2.67. The molecule has 1 aliphatic heterocycles. The van der Waals surface area contributed by atoms with Gasteiger partial charge in [0.05, 0.1) is 24.6 Å². The summed E-state index contributed by atoms with van der Waals surface area (Å²) in [6.07, 6.45) is 2.55. The van der Waals surface area contributed by atoms with E-state index in [0.29, 0.717) is 12.0 Å². The molecule has 3 heterocycles. The van der Waals surface area contributed by atoms with Crippen LogP contribution in [-0.2, 0) is 4.74 Å². The summed E-state index contributed by atoms with van der Waals surface area (Å²) in [7, 11) is 0. The molecule has 20 heavy (non-hydrogen) atoms. The molecule has 1 aliphatic carbocycles. The van der Waals surface area contributed by atoms with Crippen molar-refractivity contribution in [2.24, 2.45) is 0 Å². The van der Waals surface area contributed by atoms with E-state index in [0.717, 1.165) is 31.2 Å². The standard InChI is InChI=1S/C14H17IN4O/c1-8-7-20-5-4-19(8)11-6-10(15)12-13(9-2-3-9)17-18-14(12)16-11/h6,8-9H,2-5,7H2,1H3,(H,16,17,18)/t8-/m1/s1. The predicted molar refractivity (Wildman–Crippen MR) is 86.2 cm³/mol. The van der Waals surface area contributed by atoms with Crippen LogP contribution in [0.4, 0.5) is 5.82 Å². The van der Waals surface area contributed by atoms with Gasteiger partial charge in [-0.15, -0.1) is 0 Å². The van der Waals surface area contributed by atoms with E-state index >= 15 is 0 Å². The second kappa shape index (κ2) is 4.84. The number of fused-ring (bicyclic) bond motifs is 1. The fourth-order valence-corrected chi connectivity index (χ4v) is 3.68. The van der Waals surface area contributed by atoms with Crippen LogP contribution in [0.15, 0.2) is 6.07 Å². The Kier molecular flexibility index (Phi) is 3.10. The van der Waals surface area contributed by atoms with Gasteiger partial charge in [-0.1, -0.05) is 0 Å². The topological polar surface area (TPSA) is 54.0 Å². The van der Waals surface area contributed by atoms with E-state index in [-0.39, 0.29) is 0 Å². The number of halogens is 1. The van der Waals surface area contributed by atoms with Crippen LogP contribution in [0.25, 0.3) is 11.0 Å². The van der Waals surface area contributed by atoms with Gasteiger partial charge in [0.1, 0.15) is 5.82 Å². The first kappa shape index (κ1) is 12.8. The molecule has 0 bridgehead atoms. The molecule has 1 atom stereocenters. The molecule has 1 N–H and O–H groups in total. The van der Waals surface area contributed by atoms with E-state index in [2.05, 4.69) is 50.7 Å². The van der Waals surface area contributed by atoms with Crippen molar-refractivity contribution in [2.75, 3.05) is 24.7 Å². The molecular formula is C14H17IN4O. The normalized spacial score (nSPS) is 23.5. The number of hydrogen-bond acceptors (Lipinski definition) is 4. The number of nitrogens with one attached hydrogen (secondary N) is 1. The first-order chi connectivity index (χ1) is 9.74. The Bertz CT molecular complexity index is 652. The van der Waals surface area contributed by atoms with Crippen LogP contribution >= 0.6 is 22.6 Å². The highest BCUT2D eigenvalue weighted by Crippen LogP contribution is 2.43. The van der Waals surface area contributed by atoms with Crippen LogP contribution in [0.2, 0.25) is 0 Å². The average molecular weight is 384 g/mol. The van der Waals surface area contributed by atoms with E-state index in [4.69, 9.17) is 9.72 Å². The molecule has 0 spiro atoms. The molecule has 2 fully saturated rings. The van der Waals surface area contributed by atoms with Gasteiger partial charge < -0.3 is 9.64 Å². The molecule has 0 radical (unpaired) electrons. The van der Waals surface area contributed by atoms with E-state index < -0.39 is 0 Å². The smallest absolute Gasteiger partial charge is 0.184 e. The van der Waals surface area contributed by atoms with Crippen molar-refractivity contribution in [3.05, 3.63) is 15.3 Å². The lowest BCUT2D eigenvalue weighted by Crippen LogP contribution is -2.44. The number of H-pyrrole nitrogens is 1. The summed E-state index contributed by atoms with van der Waals surface area (Å²) in [6, 6.07) is 2.55. The van der Waals surface area contributed by atoms with Gasteiger partial charge in [0.15, 0.2) is 5.65 Å². The number of pyridine rings is 1. The highest BCUT2D eigenvalue weighted by Gasteiger charge is 2.29. The molecule has 5 nitrogen and oxygen atoms in total. The number of morpholine rings is 1. The number of rotatable bonds is 2. The largest absolute Gasteiger partial charge is 0.377 e. The zero-order valence-electron chi connectivity index (χ0n) is 11.4. The second-order valence-corrected chi connectivity index (χ2v) is 6.85. The van der Waals surface area contributed by atoms with Crippen LogP contribution in [0.1, 0.15) is 31.4 Å². The van der Waals surface area contributed by atoms with Gasteiger partial charge in [-0.05, 0) is 48.4 Å². The minimum atomic E-state index is 0.367. The monoisotopic (exact) mass is 384 g/mol. The molecule has 2 aliphatic rings. The number of aromatic nitrogens is 3. The summed E-state index contributed by atoms with van der Waals surface area (Å²) in [4.78, 5) is 7.08. The molecule has 2 aromatic rings. The third kappa shape index (κ3) is 2.09. The van der Waals surface area contributed by atoms with E-state index in [1.54, 1.807) is 0 Å². The summed E-state index contributed by atoms with van der Waals surface area (Å²) in [6.45, 7) is 4.62. The molecular weight excluding hydrogens is 367 g/mol. The number of anilines is 1. The summed E-state index contributed by atoms with van der Waals surface area (Å²) >= 11 is 2.41. The molecule has 1 saturated carbocycles. The van der Waals surface area contributed by atoms with E-state index in [9.17, 15) is 0 Å². The molecule has 0 aromatic carbocycles. The van der Waals surface area contributed by atoms with Gasteiger partial charge in [-0.2, -0.15) is 5.10 Å². The first-order valence-electron chi connectivity index (χ1n) is 7.13. The maximum absolute atomic E-state index is 5.50. The van der Waals surface area contributed by atoms with Gasteiger partial charge in [0, 0.05) is 21.7 Å². The Morgan fingerprint density at radius 1 is 1.45 bits per heavy atom. The lowest BCUT2D eigenvalue weighted by Gasteiger charge is -2.34. The van der Waals surface area contributed by atoms with Gasteiger partial charge in [0.2, 0.25) is 0 Å². The number of nitrogens with zero attached hydrogens (tertiary/aromatic N) is 3. The fourth-order valence-electron chi connectivity index (χ4n) is 2.87. The maximum atomic E-state index is 5.50. The number of aromatic amines is 1. The Labute approximate surface area is 131 Å². The van der Waals surface area contributed by atoms with Crippen molar-refractivity contribution in [3.63, 3.8) is 0 Å². The summed E-state index contributed by atoms with van der Waals surface area (Å²) in [5.41, 5.74) is 2.13. The highest BCUT2D eigenvalue weighted by molar-refractivity contribution is 14.1. The van der Waals surface area contributed by atoms with E-state index in [1.165, 1.54) is 27.5 Å². The molecule has 1 saturated heterocycles. The Morgan fingerprint density at radius 2 is 2.30 bits per heavy atom. The summed E-state index contributed by atoms with van der Waals surface area (Å²) in [5, 5.41) is 8.84. The lowest BCUT2D eigenvalue weighted by molar-refractivity contribution is 0.0985. The third-order valence-electron chi connectivity index (χ3n) is 4.14. The van der Waals surface area contributed by atoms with Crippen LogP contribution < -0.4 is 4.90 Å². The van der Waals surface area contributed by atoms with Crippen LogP contribution in [0, 0.1) is 3.57 Å². The van der Waals surface area contributed by atoms with Crippen molar-refractivity contribution in [3.8, 4) is 0 Å². The number of hydrogen-bond donors (Lipinski definition) is 1. The SMILES string of the molecule is C[C@@H]1COCCN1c1cc(I)c2c(C3CC3)[nH]nc2n1. The van der Waals surface area contributed by atoms with Crippen molar-refractivity contribution in [1.82, 2.24) is 15.2 Å². The highest BCUT2D eigenvalue weighted by atomic mass is 127. The third-order valence-corrected chi connectivity index (χ3v) is 4.99. The molecule has 6 heteroatoms. The minimum absolute atomic E-state index is 0.367. The molecule has 0 unspecified atom stereocenters. The van der Waals surface area contributed by atoms with Gasteiger partial charge in [-0.25, -0.2) is 4.98 Å². The Balaban J connectivity index is 1.78. The second-order valence-electron chi connectivity index (χ2n) is 5.69. The summed E-state index contributed by atoms with van der Waals surface area (Å²) in [5.74, 6) is 1.69. The molecule has 0 amide bonds. The van der Waals surface area contributed by atoms with Gasteiger partial charge >= 0.3 is 0 Å². The van der Waals surface area contributed by atoms with Gasteiger partial charge in [0.25, 0.3) is 0 Å². The lowest BCUT2D eigenvalue weighted by atomic mass is 10.2. The summed E-state index contributed by atoms with van der Waals surface area (Å²) < 4.78 is 6.75. The quantitative estimate of drug-likeness (QED) is 0.810. The van der Waals surface area contributed by atoms with Crippen LogP contribution in [0.5, 0.6) is 0 Å². The van der Waals surface area contributed by atoms with Crippen molar-refractivity contribution < 1.29 is 4.74 Å². The van der Waals surface area contributed by atoms with E-state index in [1.807, 2.05) is 0 Å². The zero-order chi connectivity index (χ0) is 13.7. The van der Waals surface area contributed by atoms with Crippen molar-refractivity contribution in [1.29, 1.82) is 0 Å². The van der Waals surface area contributed by atoms with Gasteiger partial charge in [-0.3, -0.25) is 5.10 Å². The maximum Gasteiger partial charge on any atom is 0.184 e. The Hall–Kier alpha value is -0.890. The first-order valence-corrected chi connectivity index (χ1v) is 8.21. The molecule has 4 rings (SSSR count). The van der Waals surface area contributed by atoms with Crippen molar-refractivity contribution in [2.45, 2.75) is 31.7 Å². The average Bonchev–Trinajstić information content (AvgIpc) is 3.19. The minimum Gasteiger partial charge on any atom is -0.377 e. The van der Waals surface area contributed by atoms with Crippen LogP contribution in [-0.4, -0.2) is 41.0 Å². The van der Waals surface area contributed by atoms with Crippen molar-refractivity contribution >= 4 is 39.4 Å². The molecule has 106 valence electrons. The Morgan fingerprint density at radius 3 is 3.05 bits per heavy atom.